The van der Waals surface area contributed by atoms with Crippen LogP contribution < -0.4 is 21.4 Å². The van der Waals surface area contributed by atoms with Crippen LogP contribution in [0.3, 0.4) is 0 Å². The summed E-state index contributed by atoms with van der Waals surface area (Å²) in [5.74, 6) is -52.2. The van der Waals surface area contributed by atoms with E-state index in [1.807, 2.05) is 0 Å². The number of benzene rings is 4. The fourth-order valence-corrected chi connectivity index (χ4v) is 7.70. The molecule has 4 aromatic carbocycles. The van der Waals surface area contributed by atoms with Crippen molar-refractivity contribution in [2.75, 3.05) is 0 Å². The number of hydrogen-bond acceptors (Lipinski definition) is 0. The molecule has 0 spiro atoms. The van der Waals surface area contributed by atoms with Gasteiger partial charge in [-0.15, -0.1) is 0 Å². The number of aromatic nitrogens is 4. The van der Waals surface area contributed by atoms with E-state index in [9.17, 15) is 52.7 Å². The largest absolute Gasteiger partial charge is 0.354 e. The summed E-state index contributed by atoms with van der Waals surface area (Å²) in [5, 5.41) is -3.59. The van der Waals surface area contributed by atoms with Crippen LogP contribution in [0, 0.1) is 116 Å². The van der Waals surface area contributed by atoms with Gasteiger partial charge in [0, 0.05) is 87.5 Å². The van der Waals surface area contributed by atoms with Crippen molar-refractivity contribution in [3.05, 3.63) is 231 Å². The maximum Gasteiger partial charge on any atom is 0.200 e. The first-order chi connectivity index (χ1) is 32.1. The zero-order chi connectivity index (χ0) is 49.3. The predicted octanol–water partition coefficient (Wildman–Crippen LogP) is 9.08. The SMILES string of the molecule is Fc1c(F)c(F)c(C2=c3ccc([nH]3)=C(c3c(F)c(F)c(F)c(F)c3F)c3ccc([nH]3)C(c3c(F)c(F)c(F)c(F)c3F)=c3ccc([nH]3)=C(c3c(F)c(F)c(F)c(F)c3F)c3ccc2[nH]3)c(F)c1F.[Pt]. The van der Waals surface area contributed by atoms with Crippen molar-refractivity contribution in [1.29, 1.82) is 0 Å². The molecule has 4 N–H and O–H groups in total. The van der Waals surface area contributed by atoms with Gasteiger partial charge in [-0.2, -0.15) is 0 Å². The second kappa shape index (κ2) is 17.1. The van der Waals surface area contributed by atoms with Gasteiger partial charge in [-0.3, -0.25) is 0 Å². The standard InChI is InChI=1S/C44H12F20N4.Pt/c45-25-21(26(46)34(54)41(61)33(25)53)17-9-1-2-10(65-9)18(22-27(47)35(55)42(62)36(56)28(22)48)12-5-6-14(67-12)20(24-31(51)39(59)44(64)40(60)32(24)52)16-8-7-15(68-16)19(13-4-3-11(17)66-13)23-29(49)37(57)43(63)38(58)30(23)50;/h1-8,65-68H;. The average Bonchev–Trinajstić information content (AvgIpc) is 4.18. The van der Waals surface area contributed by atoms with Gasteiger partial charge in [0.2, 0.25) is 23.3 Å². The smallest absolute Gasteiger partial charge is 0.200 e. The van der Waals surface area contributed by atoms with E-state index in [1.54, 1.807) is 0 Å². The Hall–Kier alpha value is -7.23. The molecule has 0 aliphatic carbocycles. The third-order valence-corrected chi connectivity index (χ3v) is 10.7. The Morgan fingerprint density at radius 3 is 0.493 bits per heavy atom. The van der Waals surface area contributed by atoms with Crippen LogP contribution in [0.1, 0.15) is 45.0 Å². The molecular weight excluding hydrogens is 1160 g/mol. The van der Waals surface area contributed by atoms with Crippen molar-refractivity contribution in [1.82, 2.24) is 19.9 Å². The normalized spacial score (nSPS) is 12.7. The molecule has 0 unspecified atom stereocenters. The van der Waals surface area contributed by atoms with Crippen LogP contribution >= 0.6 is 0 Å². The Morgan fingerprint density at radius 2 is 0.333 bits per heavy atom. The Balaban J connectivity index is 0.00000642. The van der Waals surface area contributed by atoms with Crippen LogP contribution in [0.4, 0.5) is 87.8 Å². The molecule has 4 aromatic heterocycles. The van der Waals surface area contributed by atoms with Gasteiger partial charge in [0.1, 0.15) is 0 Å². The van der Waals surface area contributed by atoms with Gasteiger partial charge in [-0.25, -0.2) is 87.8 Å². The topological polar surface area (TPSA) is 63.2 Å². The van der Waals surface area contributed by atoms with Crippen molar-refractivity contribution < 1.29 is 109 Å². The molecule has 5 heterocycles. The molecule has 0 amide bonds. The van der Waals surface area contributed by atoms with Gasteiger partial charge < -0.3 is 19.9 Å². The summed E-state index contributed by atoms with van der Waals surface area (Å²) in [7, 11) is 0. The monoisotopic (exact) mass is 1170 g/mol. The number of halogens is 20. The summed E-state index contributed by atoms with van der Waals surface area (Å²) in [6, 6.07) is 5.29. The molecule has 69 heavy (non-hydrogen) atoms. The van der Waals surface area contributed by atoms with Gasteiger partial charge in [-0.1, -0.05) is 0 Å². The van der Waals surface area contributed by atoms with Crippen molar-refractivity contribution in [2.45, 2.75) is 0 Å². The molecule has 9 rings (SSSR count). The quantitative estimate of drug-likeness (QED) is 0.0773. The van der Waals surface area contributed by atoms with E-state index in [-0.39, 0.29) is 21.1 Å². The van der Waals surface area contributed by atoms with E-state index >= 15 is 35.1 Å². The van der Waals surface area contributed by atoms with Crippen LogP contribution in [0.15, 0.2) is 48.5 Å². The summed E-state index contributed by atoms with van der Waals surface area (Å²) in [6.07, 6.45) is 0. The fourth-order valence-electron chi connectivity index (χ4n) is 7.70. The van der Waals surface area contributed by atoms with Gasteiger partial charge in [0.25, 0.3) is 0 Å². The zero-order valence-corrected chi connectivity index (χ0v) is 34.8. The summed E-state index contributed by atoms with van der Waals surface area (Å²) >= 11 is 0. The molecule has 0 saturated heterocycles. The Kier molecular flexibility index (Phi) is 11.9. The van der Waals surface area contributed by atoms with E-state index in [1.165, 1.54) is 0 Å². The molecule has 8 bridgehead atoms. The minimum Gasteiger partial charge on any atom is -0.354 e. The average molecular weight is 1170 g/mol. The second-order valence-corrected chi connectivity index (χ2v) is 14.4. The predicted molar refractivity (Wildman–Crippen MR) is 193 cm³/mol. The van der Waals surface area contributed by atoms with E-state index in [2.05, 4.69) is 19.9 Å². The van der Waals surface area contributed by atoms with Gasteiger partial charge in [-0.05, 0) is 48.5 Å². The fraction of sp³-hybridized carbons (Fsp3) is 0. The number of rotatable bonds is 4. The third kappa shape index (κ3) is 7.03. The first kappa shape index (κ1) is 48.2. The molecule has 0 atom stereocenters. The van der Waals surface area contributed by atoms with Crippen LogP contribution in [0.25, 0.3) is 22.3 Å². The van der Waals surface area contributed by atoms with Crippen LogP contribution in [0.5, 0.6) is 0 Å². The molecule has 4 nitrogen and oxygen atoms in total. The van der Waals surface area contributed by atoms with E-state index < -0.39 is 205 Å². The van der Waals surface area contributed by atoms with Crippen LogP contribution in [0.2, 0.25) is 0 Å². The van der Waals surface area contributed by atoms with Gasteiger partial charge >= 0.3 is 0 Å². The van der Waals surface area contributed by atoms with E-state index in [4.69, 9.17) is 0 Å². The van der Waals surface area contributed by atoms with Crippen molar-refractivity contribution in [3.8, 4) is 0 Å². The molecule has 0 saturated carbocycles. The van der Waals surface area contributed by atoms with E-state index in [0.717, 1.165) is 0 Å². The number of H-pyrrole nitrogens is 4. The molecule has 0 fully saturated rings. The molecule has 1 aliphatic heterocycles. The number of hydrogen-bond donors (Lipinski definition) is 4. The minimum absolute atomic E-state index is 0. The molecule has 1 aliphatic rings. The van der Waals surface area contributed by atoms with Crippen molar-refractivity contribution in [3.63, 3.8) is 0 Å². The maximum absolute atomic E-state index is 15.8. The number of nitrogens with one attached hydrogen (secondary N) is 4. The van der Waals surface area contributed by atoms with Crippen LogP contribution in [-0.2, 0) is 21.1 Å². The Bertz CT molecular complexity index is 3230. The Labute approximate surface area is 381 Å². The zero-order valence-electron chi connectivity index (χ0n) is 32.5. The first-order valence-electron chi connectivity index (χ1n) is 18.4. The molecular formula is C44H12F20N4Pt. The summed E-state index contributed by atoms with van der Waals surface area (Å²) in [6.45, 7) is 0. The molecule has 358 valence electrons. The second-order valence-electron chi connectivity index (χ2n) is 14.4. The van der Waals surface area contributed by atoms with E-state index in [0.29, 0.717) is 48.5 Å². The molecule has 25 heteroatoms. The molecule has 0 radical (unpaired) electrons. The van der Waals surface area contributed by atoms with Gasteiger partial charge in [0.15, 0.2) is 93.1 Å². The summed E-state index contributed by atoms with van der Waals surface area (Å²) in [5.41, 5.74) is -15.7. The third-order valence-electron chi connectivity index (χ3n) is 10.7. The summed E-state index contributed by atoms with van der Waals surface area (Å²) in [4.78, 5) is 9.09. The number of aromatic amines is 4. The van der Waals surface area contributed by atoms with Crippen molar-refractivity contribution in [2.24, 2.45) is 0 Å². The number of fused-ring (bicyclic) bond motifs is 8. The van der Waals surface area contributed by atoms with Crippen LogP contribution in [-0.4, -0.2) is 19.9 Å². The Morgan fingerprint density at radius 1 is 0.188 bits per heavy atom. The van der Waals surface area contributed by atoms with Crippen molar-refractivity contribution >= 4 is 22.3 Å². The first-order valence-corrected chi connectivity index (χ1v) is 18.4. The summed E-state index contributed by atoms with van der Waals surface area (Å²) < 4.78 is 303. The molecule has 8 aromatic rings. The maximum atomic E-state index is 15.8. The minimum atomic E-state index is -2.70. The van der Waals surface area contributed by atoms with Gasteiger partial charge in [0.05, 0.1) is 22.3 Å².